The minimum atomic E-state index is -1.43. The normalized spacial score (nSPS) is 17.8. The van der Waals surface area contributed by atoms with Gasteiger partial charge in [0.1, 0.15) is 17.7 Å². The summed E-state index contributed by atoms with van der Waals surface area (Å²) in [6.07, 6.45) is 1.35. The molecule has 0 unspecified atom stereocenters. The van der Waals surface area contributed by atoms with Crippen LogP contribution >= 0.6 is 0 Å². The lowest BCUT2D eigenvalue weighted by Crippen LogP contribution is -2.56. The highest BCUT2D eigenvalue weighted by Gasteiger charge is 2.43. The van der Waals surface area contributed by atoms with Gasteiger partial charge < -0.3 is 30.3 Å². The quantitative estimate of drug-likeness (QED) is 0.232. The van der Waals surface area contributed by atoms with Crippen LogP contribution < -0.4 is 20.9 Å². The van der Waals surface area contributed by atoms with Crippen molar-refractivity contribution in [3.8, 4) is 0 Å². The second-order valence-corrected chi connectivity index (χ2v) is 9.74. The number of hydrogen-bond acceptors (Lipinski definition) is 7. The average Bonchev–Trinajstić information content (AvgIpc) is 2.96. The minimum absolute atomic E-state index is 0.0154. The van der Waals surface area contributed by atoms with Crippen LogP contribution in [0.3, 0.4) is 0 Å². The van der Waals surface area contributed by atoms with Gasteiger partial charge in [-0.15, -0.1) is 0 Å². The van der Waals surface area contributed by atoms with Gasteiger partial charge in [0.05, 0.1) is 30.7 Å². The van der Waals surface area contributed by atoms with Crippen LogP contribution in [0.4, 0.5) is 32.8 Å². The van der Waals surface area contributed by atoms with Crippen molar-refractivity contribution in [2.24, 2.45) is 0 Å². The number of carbonyl (C=O) groups excluding carboxylic acids is 3. The van der Waals surface area contributed by atoms with Crippen molar-refractivity contribution in [1.82, 2.24) is 20.9 Å². The van der Waals surface area contributed by atoms with Crippen molar-refractivity contribution in [3.63, 3.8) is 0 Å². The number of piperidine rings is 1. The van der Waals surface area contributed by atoms with E-state index in [4.69, 9.17) is 9.47 Å². The number of anilines is 1. The Morgan fingerprint density at radius 1 is 0.976 bits per heavy atom. The molecule has 4 amide bonds. The Labute approximate surface area is 239 Å². The molecule has 0 bridgehead atoms. The molecule has 4 rings (SSSR count). The summed E-state index contributed by atoms with van der Waals surface area (Å²) in [6, 6.07) is 3.13. The van der Waals surface area contributed by atoms with Gasteiger partial charge in [0.2, 0.25) is 0 Å². The van der Waals surface area contributed by atoms with Gasteiger partial charge in [-0.2, -0.15) is 0 Å². The molecule has 0 aromatic heterocycles. The average molecular weight is 594 g/mol. The SMILES string of the molecule is COCC1=C(C(=O)OC)[C@H](c2ccc(F)c(F)c2)N(C(=O)NCCNC2CCN(c3ccc(F)cc3F)CC2)C(=O)N1. The van der Waals surface area contributed by atoms with Gasteiger partial charge in [0.25, 0.3) is 0 Å². The molecular formula is C28H31F4N5O5. The molecule has 0 spiro atoms. The molecule has 0 aliphatic carbocycles. The molecule has 2 aliphatic heterocycles. The van der Waals surface area contributed by atoms with E-state index in [0.29, 0.717) is 43.1 Å². The third-order valence-corrected chi connectivity index (χ3v) is 7.09. The summed E-state index contributed by atoms with van der Waals surface area (Å²) in [4.78, 5) is 41.6. The van der Waals surface area contributed by atoms with Crippen LogP contribution in [0.5, 0.6) is 0 Å². The number of methoxy groups -OCH3 is 2. The number of rotatable bonds is 9. The van der Waals surface area contributed by atoms with E-state index in [9.17, 15) is 31.9 Å². The summed E-state index contributed by atoms with van der Waals surface area (Å²) in [5.41, 5.74) is 0.145. The third kappa shape index (κ3) is 6.82. The number of halogens is 4. The van der Waals surface area contributed by atoms with Crippen molar-refractivity contribution in [2.45, 2.75) is 24.9 Å². The van der Waals surface area contributed by atoms with E-state index < -0.39 is 47.3 Å². The lowest BCUT2D eigenvalue weighted by Gasteiger charge is -2.37. The first-order valence-electron chi connectivity index (χ1n) is 13.2. The Morgan fingerprint density at radius 3 is 2.36 bits per heavy atom. The molecule has 42 heavy (non-hydrogen) atoms. The van der Waals surface area contributed by atoms with E-state index in [-0.39, 0.29) is 36.0 Å². The molecule has 2 aromatic rings. The molecule has 14 heteroatoms. The number of amides is 4. The molecular weight excluding hydrogens is 562 g/mol. The molecule has 226 valence electrons. The highest BCUT2D eigenvalue weighted by Crippen LogP contribution is 2.35. The molecule has 10 nitrogen and oxygen atoms in total. The summed E-state index contributed by atoms with van der Waals surface area (Å²) in [7, 11) is 2.44. The third-order valence-electron chi connectivity index (χ3n) is 7.09. The number of esters is 1. The van der Waals surface area contributed by atoms with E-state index in [1.807, 2.05) is 4.90 Å². The standard InChI is InChI=1S/C28H31F4N5O5/c1-41-15-22-24(26(38)42-2)25(16-3-5-19(30)20(31)13-16)37(28(40)35-22)27(39)34-10-9-33-18-7-11-36(12-8-18)23-6-4-17(29)14-21(23)32/h3-6,13-14,18,25,33H,7-12,15H2,1-2H3,(H,34,39)(H,35,40)/t25-/m0/s1. The number of urea groups is 2. The van der Waals surface area contributed by atoms with Crippen molar-refractivity contribution in [2.75, 3.05) is 51.9 Å². The van der Waals surface area contributed by atoms with Crippen molar-refractivity contribution < 1.29 is 41.4 Å². The Bertz CT molecular complexity index is 1370. The molecule has 1 saturated heterocycles. The number of hydrogen-bond donors (Lipinski definition) is 3. The Kier molecular flexibility index (Phi) is 10.0. The zero-order valence-corrected chi connectivity index (χ0v) is 23.0. The van der Waals surface area contributed by atoms with Gasteiger partial charge in [-0.1, -0.05) is 6.07 Å². The van der Waals surface area contributed by atoms with Crippen molar-refractivity contribution in [3.05, 3.63) is 76.5 Å². The largest absolute Gasteiger partial charge is 0.466 e. The lowest BCUT2D eigenvalue weighted by atomic mass is 9.93. The van der Waals surface area contributed by atoms with Crippen LogP contribution in [0.2, 0.25) is 0 Å². The van der Waals surface area contributed by atoms with E-state index >= 15 is 0 Å². The highest BCUT2D eigenvalue weighted by atomic mass is 19.2. The highest BCUT2D eigenvalue weighted by molar-refractivity contribution is 6.01. The Balaban J connectivity index is 1.41. The van der Waals surface area contributed by atoms with Crippen LogP contribution in [0.15, 0.2) is 47.7 Å². The zero-order chi connectivity index (χ0) is 30.4. The minimum Gasteiger partial charge on any atom is -0.466 e. The van der Waals surface area contributed by atoms with Crippen LogP contribution in [-0.2, 0) is 14.3 Å². The Hall–Kier alpha value is -4.17. The van der Waals surface area contributed by atoms with Gasteiger partial charge in [-0.25, -0.2) is 36.8 Å². The van der Waals surface area contributed by atoms with Crippen LogP contribution in [0, 0.1) is 23.3 Å². The maximum absolute atomic E-state index is 14.2. The number of nitrogens with zero attached hydrogens (tertiary/aromatic N) is 2. The molecule has 2 heterocycles. The second kappa shape index (κ2) is 13.7. The number of ether oxygens (including phenoxy) is 2. The first-order valence-corrected chi connectivity index (χ1v) is 13.2. The van der Waals surface area contributed by atoms with E-state index in [1.54, 1.807) is 0 Å². The smallest absolute Gasteiger partial charge is 0.338 e. The predicted octanol–water partition coefficient (Wildman–Crippen LogP) is 3.35. The summed E-state index contributed by atoms with van der Waals surface area (Å²) in [6.45, 7) is 1.28. The predicted molar refractivity (Wildman–Crippen MR) is 143 cm³/mol. The summed E-state index contributed by atoms with van der Waals surface area (Å²) < 4.78 is 65.2. The molecule has 3 N–H and O–H groups in total. The molecule has 0 radical (unpaired) electrons. The first-order chi connectivity index (χ1) is 20.1. The zero-order valence-electron chi connectivity index (χ0n) is 23.0. The fourth-order valence-electron chi connectivity index (χ4n) is 5.07. The molecule has 2 aliphatic rings. The molecule has 0 saturated carbocycles. The molecule has 1 atom stereocenters. The van der Waals surface area contributed by atoms with Gasteiger partial charge in [-0.05, 0) is 42.7 Å². The first kappa shape index (κ1) is 30.8. The van der Waals surface area contributed by atoms with E-state index in [1.165, 1.54) is 25.3 Å². The molecule has 1 fully saturated rings. The topological polar surface area (TPSA) is 112 Å². The van der Waals surface area contributed by atoms with E-state index in [0.717, 1.165) is 25.3 Å². The summed E-state index contributed by atoms with van der Waals surface area (Å²) >= 11 is 0. The summed E-state index contributed by atoms with van der Waals surface area (Å²) in [5, 5.41) is 8.36. The fourth-order valence-corrected chi connectivity index (χ4v) is 5.07. The van der Waals surface area contributed by atoms with Gasteiger partial charge in [0.15, 0.2) is 11.6 Å². The summed E-state index contributed by atoms with van der Waals surface area (Å²) in [5.74, 6) is -4.53. The fraction of sp³-hybridized carbons (Fsp3) is 0.393. The van der Waals surface area contributed by atoms with Crippen molar-refractivity contribution in [1.29, 1.82) is 0 Å². The number of benzene rings is 2. The van der Waals surface area contributed by atoms with Gasteiger partial charge in [0, 0.05) is 45.4 Å². The van der Waals surface area contributed by atoms with Crippen LogP contribution in [0.1, 0.15) is 24.4 Å². The van der Waals surface area contributed by atoms with Crippen LogP contribution in [0.25, 0.3) is 0 Å². The maximum atomic E-state index is 14.2. The second-order valence-electron chi connectivity index (χ2n) is 9.74. The lowest BCUT2D eigenvalue weighted by molar-refractivity contribution is -0.137. The van der Waals surface area contributed by atoms with Gasteiger partial charge in [-0.3, -0.25) is 0 Å². The molecule has 2 aromatic carbocycles. The monoisotopic (exact) mass is 593 g/mol. The van der Waals surface area contributed by atoms with Gasteiger partial charge >= 0.3 is 18.0 Å². The Morgan fingerprint density at radius 2 is 1.71 bits per heavy atom. The van der Waals surface area contributed by atoms with Crippen molar-refractivity contribution >= 4 is 23.7 Å². The number of carbonyl (C=O) groups is 3. The number of nitrogens with one attached hydrogen (secondary N) is 3. The van der Waals surface area contributed by atoms with E-state index in [2.05, 4.69) is 16.0 Å². The maximum Gasteiger partial charge on any atom is 0.338 e. The number of imide groups is 1. The van der Waals surface area contributed by atoms with Crippen LogP contribution in [-0.4, -0.2) is 76.0 Å².